The van der Waals surface area contributed by atoms with E-state index in [0.29, 0.717) is 6.54 Å². The summed E-state index contributed by atoms with van der Waals surface area (Å²) in [4.78, 5) is 0. The molecular weight excluding hydrogens is 290 g/mol. The van der Waals surface area contributed by atoms with Gasteiger partial charge in [-0.2, -0.15) is 0 Å². The Hall–Kier alpha value is -2.95. The largest absolute Gasteiger partial charge is 0.497 e. The number of hydrogen-bond donors (Lipinski definition) is 2. The Balaban J connectivity index is 1.97. The van der Waals surface area contributed by atoms with E-state index in [1.807, 2.05) is 48.7 Å². The van der Waals surface area contributed by atoms with Crippen molar-refractivity contribution < 1.29 is 9.47 Å². The number of nitrogens with one attached hydrogen (secondary N) is 1. The highest BCUT2D eigenvalue weighted by atomic mass is 16.5. The lowest BCUT2D eigenvalue weighted by atomic mass is 10.1. The minimum Gasteiger partial charge on any atom is -0.497 e. The molecule has 3 aromatic rings. The maximum Gasteiger partial charge on any atom is 0.122 e. The number of nitrogens with zero attached hydrogens (tertiary/aromatic N) is 1. The highest BCUT2D eigenvalue weighted by molar-refractivity contribution is 5.98. The molecule has 0 spiro atoms. The van der Waals surface area contributed by atoms with Crippen molar-refractivity contribution in [3.8, 4) is 11.5 Å². The minimum atomic E-state index is 0.0807. The number of methoxy groups -OCH3 is 2. The van der Waals surface area contributed by atoms with Crippen LogP contribution in [0, 0.1) is 5.41 Å². The van der Waals surface area contributed by atoms with Crippen LogP contribution in [0.3, 0.4) is 0 Å². The van der Waals surface area contributed by atoms with Gasteiger partial charge >= 0.3 is 0 Å². The van der Waals surface area contributed by atoms with E-state index in [-0.39, 0.29) is 5.84 Å². The Bertz CT molecular complexity index is 846. The summed E-state index contributed by atoms with van der Waals surface area (Å²) in [7, 11) is 3.29. The van der Waals surface area contributed by atoms with Gasteiger partial charge in [0.1, 0.15) is 17.3 Å². The summed E-state index contributed by atoms with van der Waals surface area (Å²) in [5.74, 6) is 1.63. The third kappa shape index (κ3) is 2.99. The molecule has 0 aliphatic rings. The summed E-state index contributed by atoms with van der Waals surface area (Å²) in [5.41, 5.74) is 8.47. The monoisotopic (exact) mass is 309 g/mol. The Morgan fingerprint density at radius 1 is 1.04 bits per heavy atom. The molecule has 2 aromatic carbocycles. The normalized spacial score (nSPS) is 10.7. The second-order valence-electron chi connectivity index (χ2n) is 5.35. The van der Waals surface area contributed by atoms with Gasteiger partial charge in [0.2, 0.25) is 0 Å². The zero-order chi connectivity index (χ0) is 16.4. The molecule has 0 aliphatic heterocycles. The summed E-state index contributed by atoms with van der Waals surface area (Å²) < 4.78 is 12.8. The first-order chi connectivity index (χ1) is 11.1. The lowest BCUT2D eigenvalue weighted by Gasteiger charge is -2.10. The van der Waals surface area contributed by atoms with Crippen LogP contribution in [0.25, 0.3) is 10.9 Å². The van der Waals surface area contributed by atoms with E-state index in [1.165, 1.54) is 0 Å². The highest BCUT2D eigenvalue weighted by Gasteiger charge is 2.07. The van der Waals surface area contributed by atoms with Gasteiger partial charge in [-0.05, 0) is 42.0 Å². The molecule has 0 saturated heterocycles. The van der Waals surface area contributed by atoms with Crippen LogP contribution < -0.4 is 15.2 Å². The van der Waals surface area contributed by atoms with Crippen molar-refractivity contribution in [1.29, 1.82) is 5.41 Å². The van der Waals surface area contributed by atoms with Crippen molar-refractivity contribution in [2.75, 3.05) is 14.2 Å². The third-order valence-corrected chi connectivity index (χ3v) is 3.85. The average molecular weight is 309 g/mol. The van der Waals surface area contributed by atoms with Crippen molar-refractivity contribution in [1.82, 2.24) is 4.57 Å². The van der Waals surface area contributed by atoms with Gasteiger partial charge in [-0.25, -0.2) is 0 Å². The quantitative estimate of drug-likeness (QED) is 0.562. The van der Waals surface area contributed by atoms with Crippen LogP contribution in [0.2, 0.25) is 0 Å². The van der Waals surface area contributed by atoms with E-state index >= 15 is 0 Å². The second-order valence-corrected chi connectivity index (χ2v) is 5.35. The number of benzene rings is 2. The van der Waals surface area contributed by atoms with E-state index in [4.69, 9.17) is 20.6 Å². The molecule has 5 nitrogen and oxygen atoms in total. The zero-order valence-electron chi connectivity index (χ0n) is 13.2. The fourth-order valence-electron chi connectivity index (χ4n) is 2.66. The predicted octanol–water partition coefficient (Wildman–Crippen LogP) is 2.99. The molecule has 118 valence electrons. The molecule has 0 fully saturated rings. The molecule has 0 saturated carbocycles. The molecular formula is C18H19N3O2. The van der Waals surface area contributed by atoms with Crippen molar-refractivity contribution in [3.63, 3.8) is 0 Å². The van der Waals surface area contributed by atoms with E-state index in [9.17, 15) is 0 Å². The molecule has 3 N–H and O–H groups in total. The number of ether oxygens (including phenoxy) is 2. The Morgan fingerprint density at radius 3 is 2.35 bits per heavy atom. The molecule has 0 aliphatic carbocycles. The van der Waals surface area contributed by atoms with Crippen LogP contribution in [0.1, 0.15) is 11.1 Å². The van der Waals surface area contributed by atoms with Crippen LogP contribution in [0.15, 0.2) is 48.7 Å². The highest BCUT2D eigenvalue weighted by Crippen LogP contribution is 2.25. The van der Waals surface area contributed by atoms with Crippen LogP contribution in [0.4, 0.5) is 0 Å². The van der Waals surface area contributed by atoms with Gasteiger partial charge in [-0.3, -0.25) is 5.41 Å². The molecule has 3 rings (SSSR count). The molecule has 0 unspecified atom stereocenters. The maximum absolute atomic E-state index is 7.53. The Morgan fingerprint density at radius 2 is 1.74 bits per heavy atom. The van der Waals surface area contributed by atoms with Crippen molar-refractivity contribution in [2.24, 2.45) is 5.73 Å². The zero-order valence-corrected chi connectivity index (χ0v) is 13.2. The smallest absolute Gasteiger partial charge is 0.122 e. The van der Waals surface area contributed by atoms with Crippen LogP contribution in [-0.4, -0.2) is 24.6 Å². The summed E-state index contributed by atoms with van der Waals surface area (Å²) in [6.45, 7) is 0.705. The standard InChI is InChI=1S/C18H19N3O2/c1-22-15-7-12(8-16(10-15)23-2)11-21-6-5-13-9-14(18(19)20)3-4-17(13)21/h3-10H,11H2,1-2H3,(H3,19,20). The number of amidine groups is 1. The Labute approximate surface area is 134 Å². The molecule has 1 heterocycles. The summed E-state index contributed by atoms with van der Waals surface area (Å²) >= 11 is 0. The lowest BCUT2D eigenvalue weighted by molar-refractivity contribution is 0.393. The molecule has 0 amide bonds. The Kier molecular flexibility index (Phi) is 3.93. The topological polar surface area (TPSA) is 73.3 Å². The van der Waals surface area contributed by atoms with Gasteiger partial charge < -0.3 is 19.8 Å². The van der Waals surface area contributed by atoms with Crippen LogP contribution >= 0.6 is 0 Å². The molecule has 0 bridgehead atoms. The van der Waals surface area contributed by atoms with Gasteiger partial charge in [0.15, 0.2) is 0 Å². The van der Waals surface area contributed by atoms with Crippen molar-refractivity contribution in [3.05, 3.63) is 59.8 Å². The first kappa shape index (κ1) is 15.0. The van der Waals surface area contributed by atoms with Gasteiger partial charge in [-0.15, -0.1) is 0 Å². The fraction of sp³-hybridized carbons (Fsp3) is 0.167. The number of fused-ring (bicyclic) bond motifs is 1. The van der Waals surface area contributed by atoms with E-state index in [0.717, 1.165) is 33.5 Å². The summed E-state index contributed by atoms with van der Waals surface area (Å²) in [6, 6.07) is 13.7. The summed E-state index contributed by atoms with van der Waals surface area (Å²) in [5, 5.41) is 8.59. The minimum absolute atomic E-state index is 0.0807. The first-order valence-electron chi connectivity index (χ1n) is 7.26. The fourth-order valence-corrected chi connectivity index (χ4v) is 2.66. The number of nitrogen functional groups attached to an aromatic ring is 1. The van der Waals surface area contributed by atoms with Gasteiger partial charge in [0, 0.05) is 35.3 Å². The molecule has 5 heteroatoms. The van der Waals surface area contributed by atoms with E-state index in [1.54, 1.807) is 14.2 Å². The molecule has 1 aromatic heterocycles. The number of nitrogens with two attached hydrogens (primary N) is 1. The van der Waals surface area contributed by atoms with Crippen molar-refractivity contribution >= 4 is 16.7 Å². The lowest BCUT2D eigenvalue weighted by Crippen LogP contribution is -2.10. The second kappa shape index (κ2) is 6.04. The van der Waals surface area contributed by atoms with E-state index < -0.39 is 0 Å². The molecule has 23 heavy (non-hydrogen) atoms. The number of aromatic nitrogens is 1. The molecule has 0 radical (unpaired) electrons. The van der Waals surface area contributed by atoms with E-state index in [2.05, 4.69) is 4.57 Å². The van der Waals surface area contributed by atoms with Gasteiger partial charge in [0.25, 0.3) is 0 Å². The van der Waals surface area contributed by atoms with Gasteiger partial charge in [0.05, 0.1) is 14.2 Å². The van der Waals surface area contributed by atoms with Crippen LogP contribution in [-0.2, 0) is 6.54 Å². The van der Waals surface area contributed by atoms with Crippen molar-refractivity contribution in [2.45, 2.75) is 6.54 Å². The SMILES string of the molecule is COc1cc(Cn2ccc3cc(C(=N)N)ccc32)cc(OC)c1. The number of hydrogen-bond acceptors (Lipinski definition) is 3. The summed E-state index contributed by atoms with van der Waals surface area (Å²) in [6.07, 6.45) is 2.03. The van der Waals surface area contributed by atoms with Crippen LogP contribution in [0.5, 0.6) is 11.5 Å². The third-order valence-electron chi connectivity index (χ3n) is 3.85. The predicted molar refractivity (Wildman–Crippen MR) is 91.6 cm³/mol. The maximum atomic E-state index is 7.53. The number of rotatable bonds is 5. The average Bonchev–Trinajstić information content (AvgIpc) is 2.96. The van der Waals surface area contributed by atoms with Gasteiger partial charge in [-0.1, -0.05) is 0 Å². The first-order valence-corrected chi connectivity index (χ1v) is 7.26. The molecule has 0 atom stereocenters.